The van der Waals surface area contributed by atoms with E-state index in [9.17, 15) is 0 Å². The fourth-order valence-electron chi connectivity index (χ4n) is 7.46. The van der Waals surface area contributed by atoms with Gasteiger partial charge in [-0.25, -0.2) is 0 Å². The van der Waals surface area contributed by atoms with E-state index in [0.717, 1.165) is 0 Å². The molecule has 174 valence electrons. The molecule has 0 bridgehead atoms. The lowest BCUT2D eigenvalue weighted by Crippen LogP contribution is -2.59. The Hall–Kier alpha value is -4.24. The second kappa shape index (κ2) is 6.36. The zero-order valence-corrected chi connectivity index (χ0v) is 21.5. The van der Waals surface area contributed by atoms with Crippen molar-refractivity contribution < 1.29 is 0 Å². The van der Waals surface area contributed by atoms with E-state index in [-0.39, 0.29) is 6.71 Å². The van der Waals surface area contributed by atoms with E-state index in [2.05, 4.69) is 116 Å². The number of benzene rings is 5. The predicted octanol–water partition coefficient (Wildman–Crippen LogP) is 6.26. The minimum Gasteiger partial charge on any atom is -0.310 e. The third-order valence-corrected chi connectivity index (χ3v) is 8.87. The quantitative estimate of drug-likeness (QED) is 0.231. The van der Waals surface area contributed by atoms with E-state index in [1.54, 1.807) is 0 Å². The average molecular weight is 472 g/mol. The van der Waals surface area contributed by atoms with Gasteiger partial charge in [-0.15, -0.1) is 0 Å². The Kier molecular flexibility index (Phi) is 3.42. The Morgan fingerprint density at radius 2 is 1.11 bits per heavy atom. The van der Waals surface area contributed by atoms with Crippen molar-refractivity contribution in [2.24, 2.45) is 0 Å². The maximum absolute atomic E-state index is 2.56. The third kappa shape index (κ3) is 2.25. The van der Waals surface area contributed by atoms with Crippen LogP contribution in [0.5, 0.6) is 0 Å². The minimum atomic E-state index is 0.215. The van der Waals surface area contributed by atoms with E-state index < -0.39 is 0 Å². The predicted molar refractivity (Wildman–Crippen MR) is 159 cm³/mol. The monoisotopic (exact) mass is 472 g/mol. The molecule has 0 aliphatic carbocycles. The number of aromatic nitrogens is 2. The van der Waals surface area contributed by atoms with E-state index in [1.807, 2.05) is 0 Å². The first-order chi connectivity index (χ1) is 18.0. The van der Waals surface area contributed by atoms with Crippen molar-refractivity contribution in [2.75, 3.05) is 0 Å². The fraction of sp³-hybridized carbons (Fsp3) is 0.118. The zero-order chi connectivity index (χ0) is 24.7. The van der Waals surface area contributed by atoms with Gasteiger partial charge in [0.25, 0.3) is 6.71 Å². The summed E-state index contributed by atoms with van der Waals surface area (Å²) in [5.74, 6) is 0. The van der Waals surface area contributed by atoms with Gasteiger partial charge in [-0.2, -0.15) is 0 Å². The molecule has 2 aliphatic heterocycles. The maximum atomic E-state index is 2.56. The molecule has 5 aromatic carbocycles. The van der Waals surface area contributed by atoms with Crippen LogP contribution >= 0.6 is 0 Å². The van der Waals surface area contributed by atoms with Gasteiger partial charge in [-0.05, 0) is 86.0 Å². The molecular formula is C34H25BN2. The first-order valence-corrected chi connectivity index (χ1v) is 13.2. The van der Waals surface area contributed by atoms with Crippen LogP contribution in [0.4, 0.5) is 0 Å². The molecule has 3 heteroatoms. The molecule has 37 heavy (non-hydrogen) atoms. The van der Waals surface area contributed by atoms with Gasteiger partial charge in [0, 0.05) is 38.4 Å². The number of rotatable bonds is 0. The van der Waals surface area contributed by atoms with Crippen LogP contribution in [0.25, 0.3) is 55.0 Å². The Balaban J connectivity index is 1.60. The summed E-state index contributed by atoms with van der Waals surface area (Å²) in [6.07, 6.45) is 0. The van der Waals surface area contributed by atoms with Crippen molar-refractivity contribution in [1.82, 2.24) is 9.13 Å². The van der Waals surface area contributed by atoms with Crippen LogP contribution in [0.3, 0.4) is 0 Å². The molecule has 0 N–H and O–H groups in total. The smallest absolute Gasteiger partial charge is 0.252 e. The van der Waals surface area contributed by atoms with E-state index in [1.165, 1.54) is 93.6 Å². The Morgan fingerprint density at radius 1 is 0.459 bits per heavy atom. The highest BCUT2D eigenvalue weighted by molar-refractivity contribution is 7.00. The third-order valence-electron chi connectivity index (χ3n) is 8.87. The molecule has 9 rings (SSSR count). The lowest BCUT2D eigenvalue weighted by atomic mass is 9.34. The summed E-state index contributed by atoms with van der Waals surface area (Å²) < 4.78 is 5.11. The van der Waals surface area contributed by atoms with Gasteiger partial charge in [-0.3, -0.25) is 0 Å². The number of aryl methyl sites for hydroxylation is 4. The van der Waals surface area contributed by atoms with Crippen LogP contribution in [-0.2, 0) is 0 Å². The van der Waals surface area contributed by atoms with Crippen LogP contribution in [0, 0.1) is 27.7 Å². The summed E-state index contributed by atoms with van der Waals surface area (Å²) >= 11 is 0. The molecule has 0 saturated carbocycles. The highest BCUT2D eigenvalue weighted by Gasteiger charge is 2.40. The van der Waals surface area contributed by atoms with Gasteiger partial charge in [0.15, 0.2) is 0 Å². The SMILES string of the molecule is Cc1ccc2c(c1)B1c3cc(C)cc4c5ccc(C)cc5n(c34)-c3ccc4c5cc(C)ccc5n-2c4c31. The van der Waals surface area contributed by atoms with Crippen molar-refractivity contribution in [1.29, 1.82) is 0 Å². The molecular weight excluding hydrogens is 447 g/mol. The van der Waals surface area contributed by atoms with Crippen molar-refractivity contribution >= 4 is 66.7 Å². The number of hydrogen-bond donors (Lipinski definition) is 0. The summed E-state index contributed by atoms with van der Waals surface area (Å²) in [5.41, 5.74) is 17.5. The fourth-order valence-corrected chi connectivity index (χ4v) is 7.46. The van der Waals surface area contributed by atoms with Crippen LogP contribution < -0.4 is 16.4 Å². The Bertz CT molecular complexity index is 2190. The molecule has 0 amide bonds. The molecule has 0 spiro atoms. The summed E-state index contributed by atoms with van der Waals surface area (Å²) in [6.45, 7) is 9.10. The van der Waals surface area contributed by atoms with Crippen molar-refractivity contribution in [3.05, 3.63) is 101 Å². The minimum absolute atomic E-state index is 0.215. The lowest BCUT2D eigenvalue weighted by molar-refractivity contribution is 1.15. The maximum Gasteiger partial charge on any atom is 0.252 e. The molecule has 0 fully saturated rings. The van der Waals surface area contributed by atoms with Gasteiger partial charge < -0.3 is 9.13 Å². The number of hydrogen-bond acceptors (Lipinski definition) is 0. The van der Waals surface area contributed by atoms with Crippen molar-refractivity contribution in [3.8, 4) is 11.4 Å². The molecule has 0 atom stereocenters. The highest BCUT2D eigenvalue weighted by Crippen LogP contribution is 2.40. The second-order valence-corrected chi connectivity index (χ2v) is 11.4. The number of nitrogens with zero attached hydrogens (tertiary/aromatic N) is 2. The van der Waals surface area contributed by atoms with Gasteiger partial charge in [-0.1, -0.05) is 59.2 Å². The lowest BCUT2D eigenvalue weighted by Gasteiger charge is -2.33. The molecule has 0 unspecified atom stereocenters. The van der Waals surface area contributed by atoms with Gasteiger partial charge in [0.05, 0.1) is 16.6 Å². The molecule has 2 aromatic heterocycles. The summed E-state index contributed by atoms with van der Waals surface area (Å²) in [4.78, 5) is 0. The summed E-state index contributed by atoms with van der Waals surface area (Å²) in [5, 5.41) is 5.41. The summed E-state index contributed by atoms with van der Waals surface area (Å²) in [6, 6.07) is 30.5. The topological polar surface area (TPSA) is 9.86 Å². The molecule has 0 saturated heterocycles. The molecule has 7 aromatic rings. The van der Waals surface area contributed by atoms with Crippen LogP contribution in [-0.4, -0.2) is 15.8 Å². The first-order valence-electron chi connectivity index (χ1n) is 13.2. The number of fused-ring (bicyclic) bond motifs is 11. The highest BCUT2D eigenvalue weighted by atomic mass is 15.0. The Morgan fingerprint density at radius 3 is 2.00 bits per heavy atom. The zero-order valence-electron chi connectivity index (χ0n) is 21.5. The van der Waals surface area contributed by atoms with Crippen LogP contribution in [0.2, 0.25) is 0 Å². The van der Waals surface area contributed by atoms with Crippen LogP contribution in [0.15, 0.2) is 78.9 Å². The first kappa shape index (κ1) is 19.9. The van der Waals surface area contributed by atoms with E-state index >= 15 is 0 Å². The van der Waals surface area contributed by atoms with Crippen molar-refractivity contribution in [3.63, 3.8) is 0 Å². The Labute approximate surface area is 215 Å². The van der Waals surface area contributed by atoms with E-state index in [4.69, 9.17) is 0 Å². The van der Waals surface area contributed by atoms with Crippen LogP contribution in [0.1, 0.15) is 22.3 Å². The second-order valence-electron chi connectivity index (χ2n) is 11.4. The molecule has 4 heterocycles. The van der Waals surface area contributed by atoms with Gasteiger partial charge >= 0.3 is 0 Å². The van der Waals surface area contributed by atoms with Gasteiger partial charge in [0.2, 0.25) is 0 Å². The normalized spacial score (nSPS) is 13.4. The largest absolute Gasteiger partial charge is 0.310 e. The molecule has 2 aliphatic rings. The molecule has 2 nitrogen and oxygen atoms in total. The van der Waals surface area contributed by atoms with E-state index in [0.29, 0.717) is 0 Å². The summed E-state index contributed by atoms with van der Waals surface area (Å²) in [7, 11) is 0. The van der Waals surface area contributed by atoms with Gasteiger partial charge in [0.1, 0.15) is 0 Å². The molecule has 0 radical (unpaired) electrons. The average Bonchev–Trinajstić information content (AvgIpc) is 3.37. The van der Waals surface area contributed by atoms with Crippen molar-refractivity contribution in [2.45, 2.75) is 27.7 Å². The standard InChI is InChI=1S/C34H25BN2/c1-18-6-10-28-24(13-18)23-9-12-30-32-34(23)36(28)29-11-7-19(2)15-26(29)35(32)27-16-21(4)14-25-22-8-5-20(3)17-31(22)37(30)33(25)27/h5-17H,1-4H3.